The van der Waals surface area contributed by atoms with Crippen molar-refractivity contribution in [1.82, 2.24) is 14.9 Å². The van der Waals surface area contributed by atoms with Gasteiger partial charge in [0.05, 0.1) is 12.0 Å². The van der Waals surface area contributed by atoms with Gasteiger partial charge in [-0.1, -0.05) is 0 Å². The second-order valence-electron chi connectivity index (χ2n) is 7.71. The maximum atomic E-state index is 5.52. The van der Waals surface area contributed by atoms with Crippen LogP contribution in [0.1, 0.15) is 36.1 Å². The number of aryl methyl sites for hydroxylation is 2. The largest absolute Gasteiger partial charge is 0.381 e. The molecule has 25 heavy (non-hydrogen) atoms. The van der Waals surface area contributed by atoms with Gasteiger partial charge >= 0.3 is 0 Å². The molecule has 3 aliphatic rings. The van der Waals surface area contributed by atoms with E-state index in [2.05, 4.69) is 20.2 Å². The van der Waals surface area contributed by atoms with Crippen LogP contribution in [0.3, 0.4) is 0 Å². The number of piperidine rings is 1. The highest BCUT2D eigenvalue weighted by atomic mass is 32.1. The van der Waals surface area contributed by atoms with Crippen LogP contribution in [0.25, 0.3) is 10.2 Å². The van der Waals surface area contributed by atoms with Crippen molar-refractivity contribution >= 4 is 27.4 Å². The summed E-state index contributed by atoms with van der Waals surface area (Å²) in [6, 6.07) is 0.533. The average molecular weight is 359 g/mol. The molecule has 2 saturated heterocycles. The number of thiophene rings is 1. The molecule has 6 heteroatoms. The van der Waals surface area contributed by atoms with Crippen LogP contribution in [-0.4, -0.2) is 53.8 Å². The highest BCUT2D eigenvalue weighted by Gasteiger charge is 2.26. The van der Waals surface area contributed by atoms with Gasteiger partial charge in [0.2, 0.25) is 0 Å². The quantitative estimate of drug-likeness (QED) is 0.910. The molecule has 5 rings (SSSR count). The van der Waals surface area contributed by atoms with Crippen LogP contribution in [0.4, 0.5) is 5.82 Å². The van der Waals surface area contributed by atoms with E-state index in [9.17, 15) is 0 Å². The molecule has 2 aromatic rings. The van der Waals surface area contributed by atoms with Crippen LogP contribution in [0.5, 0.6) is 0 Å². The van der Waals surface area contributed by atoms with Crippen molar-refractivity contribution in [1.29, 1.82) is 0 Å². The number of anilines is 1. The highest BCUT2D eigenvalue weighted by molar-refractivity contribution is 7.19. The predicted molar refractivity (Wildman–Crippen MR) is 101 cm³/mol. The van der Waals surface area contributed by atoms with E-state index in [0.717, 1.165) is 24.9 Å². The van der Waals surface area contributed by atoms with Crippen molar-refractivity contribution in [2.75, 3.05) is 38.2 Å². The first kappa shape index (κ1) is 16.0. The maximum absolute atomic E-state index is 5.52. The zero-order chi connectivity index (χ0) is 16.6. The molecule has 1 atom stereocenters. The third-order valence-electron chi connectivity index (χ3n) is 5.97. The Balaban J connectivity index is 1.25. The molecule has 0 aromatic carbocycles. The Morgan fingerprint density at radius 3 is 2.96 bits per heavy atom. The van der Waals surface area contributed by atoms with Gasteiger partial charge < -0.3 is 15.0 Å². The zero-order valence-corrected chi connectivity index (χ0v) is 15.5. The SMILES string of the molecule is c1nc(NC2CCN(CC3CCOC3)CC2)c2c3c(sc2n1)CCC3. The Kier molecular flexibility index (Phi) is 4.36. The summed E-state index contributed by atoms with van der Waals surface area (Å²) in [4.78, 5) is 14.4. The summed E-state index contributed by atoms with van der Waals surface area (Å²) in [7, 11) is 0. The molecular formula is C19H26N4OS. The fourth-order valence-corrected chi connectivity index (χ4v) is 5.81. The number of nitrogens with one attached hydrogen (secondary N) is 1. The Morgan fingerprint density at radius 1 is 1.20 bits per heavy atom. The van der Waals surface area contributed by atoms with Gasteiger partial charge in [-0.05, 0) is 50.0 Å². The topological polar surface area (TPSA) is 50.3 Å². The van der Waals surface area contributed by atoms with E-state index >= 15 is 0 Å². The number of rotatable bonds is 4. The number of ether oxygens (including phenoxy) is 1. The summed E-state index contributed by atoms with van der Waals surface area (Å²) in [5, 5.41) is 5.07. The molecule has 4 heterocycles. The van der Waals surface area contributed by atoms with Crippen LogP contribution in [-0.2, 0) is 17.6 Å². The van der Waals surface area contributed by atoms with E-state index < -0.39 is 0 Å². The molecule has 2 fully saturated rings. The van der Waals surface area contributed by atoms with E-state index in [1.54, 1.807) is 6.33 Å². The predicted octanol–water partition coefficient (Wildman–Crippen LogP) is 3.09. The first-order chi connectivity index (χ1) is 12.4. The summed E-state index contributed by atoms with van der Waals surface area (Å²) in [5.74, 6) is 1.83. The normalized spacial score (nSPS) is 24.9. The van der Waals surface area contributed by atoms with Crippen LogP contribution in [0, 0.1) is 5.92 Å². The number of aromatic nitrogens is 2. The van der Waals surface area contributed by atoms with Crippen molar-refractivity contribution in [2.24, 2.45) is 5.92 Å². The molecule has 1 N–H and O–H groups in total. The fraction of sp³-hybridized carbons (Fsp3) is 0.684. The van der Waals surface area contributed by atoms with Crippen LogP contribution in [0.2, 0.25) is 0 Å². The Labute approximate surface area is 152 Å². The molecule has 0 bridgehead atoms. The van der Waals surface area contributed by atoms with E-state index in [1.165, 1.54) is 78.8 Å². The Morgan fingerprint density at radius 2 is 2.12 bits per heavy atom. The number of fused-ring (bicyclic) bond motifs is 3. The summed E-state index contributed by atoms with van der Waals surface area (Å²) >= 11 is 1.87. The van der Waals surface area contributed by atoms with E-state index in [1.807, 2.05) is 11.3 Å². The van der Waals surface area contributed by atoms with Crippen molar-refractivity contribution in [3.8, 4) is 0 Å². The van der Waals surface area contributed by atoms with Crippen molar-refractivity contribution in [3.05, 3.63) is 16.8 Å². The van der Waals surface area contributed by atoms with Crippen LogP contribution >= 0.6 is 11.3 Å². The fourth-order valence-electron chi connectivity index (χ4n) is 4.58. The molecule has 0 spiro atoms. The molecule has 2 aromatic heterocycles. The van der Waals surface area contributed by atoms with Gasteiger partial charge in [0.1, 0.15) is 17.0 Å². The van der Waals surface area contributed by atoms with Gasteiger partial charge in [-0.15, -0.1) is 11.3 Å². The molecule has 1 aliphatic carbocycles. The van der Waals surface area contributed by atoms with Gasteiger partial charge in [0.15, 0.2) is 0 Å². The molecule has 0 saturated carbocycles. The van der Waals surface area contributed by atoms with Crippen LogP contribution in [0.15, 0.2) is 6.33 Å². The van der Waals surface area contributed by atoms with E-state index in [0.29, 0.717) is 6.04 Å². The first-order valence-corrected chi connectivity index (χ1v) is 10.5. The zero-order valence-electron chi connectivity index (χ0n) is 14.7. The summed E-state index contributed by atoms with van der Waals surface area (Å²) in [6.07, 6.45) is 9.07. The van der Waals surface area contributed by atoms with Gasteiger partial charge in [-0.2, -0.15) is 0 Å². The van der Waals surface area contributed by atoms with Gasteiger partial charge in [-0.25, -0.2) is 9.97 Å². The number of hydrogen-bond donors (Lipinski definition) is 1. The standard InChI is InChI=1S/C19H26N4OS/c1-2-15-16(3-1)25-19-17(15)18(20-12-21-19)22-14-4-7-23(8-5-14)10-13-6-9-24-11-13/h12-14H,1-11H2,(H,20,21,22). The lowest BCUT2D eigenvalue weighted by Gasteiger charge is -2.33. The molecule has 0 radical (unpaired) electrons. The first-order valence-electron chi connectivity index (χ1n) is 9.68. The minimum atomic E-state index is 0.533. The highest BCUT2D eigenvalue weighted by Crippen LogP contribution is 2.39. The average Bonchev–Trinajstić information content (AvgIpc) is 3.34. The molecule has 1 unspecified atom stereocenters. The third kappa shape index (κ3) is 3.15. The van der Waals surface area contributed by atoms with Gasteiger partial charge in [0.25, 0.3) is 0 Å². The Hall–Kier alpha value is -1.24. The monoisotopic (exact) mass is 358 g/mol. The number of nitrogens with zero attached hydrogens (tertiary/aromatic N) is 3. The Bertz CT molecular complexity index is 747. The van der Waals surface area contributed by atoms with Crippen LogP contribution < -0.4 is 5.32 Å². The lowest BCUT2D eigenvalue weighted by molar-refractivity contribution is 0.154. The lowest BCUT2D eigenvalue weighted by Crippen LogP contribution is -2.41. The second kappa shape index (κ2) is 6.82. The second-order valence-corrected chi connectivity index (χ2v) is 8.79. The smallest absolute Gasteiger partial charge is 0.138 e. The van der Waals surface area contributed by atoms with E-state index in [-0.39, 0.29) is 0 Å². The maximum Gasteiger partial charge on any atom is 0.138 e. The van der Waals surface area contributed by atoms with Gasteiger partial charge in [0, 0.05) is 37.2 Å². The molecule has 0 amide bonds. The van der Waals surface area contributed by atoms with E-state index in [4.69, 9.17) is 4.74 Å². The number of likely N-dealkylation sites (tertiary alicyclic amines) is 1. The van der Waals surface area contributed by atoms with Crippen molar-refractivity contribution < 1.29 is 4.74 Å². The van der Waals surface area contributed by atoms with Gasteiger partial charge in [-0.3, -0.25) is 0 Å². The molecule has 2 aliphatic heterocycles. The number of hydrogen-bond acceptors (Lipinski definition) is 6. The molecular weight excluding hydrogens is 332 g/mol. The summed E-state index contributed by atoms with van der Waals surface area (Å²) in [5.41, 5.74) is 1.52. The third-order valence-corrected chi connectivity index (χ3v) is 7.17. The molecule has 5 nitrogen and oxygen atoms in total. The molecule has 134 valence electrons. The summed E-state index contributed by atoms with van der Waals surface area (Å²) in [6.45, 7) is 5.49. The minimum Gasteiger partial charge on any atom is -0.381 e. The van der Waals surface area contributed by atoms with Crippen molar-refractivity contribution in [2.45, 2.75) is 44.6 Å². The minimum absolute atomic E-state index is 0.533. The summed E-state index contributed by atoms with van der Waals surface area (Å²) < 4.78 is 5.52. The van der Waals surface area contributed by atoms with Crippen molar-refractivity contribution in [3.63, 3.8) is 0 Å². The lowest BCUT2D eigenvalue weighted by atomic mass is 10.0.